The Morgan fingerprint density at radius 2 is 1.97 bits per heavy atom. The Hall–Kier alpha value is -2.62. The minimum atomic E-state index is -0.390. The summed E-state index contributed by atoms with van der Waals surface area (Å²) in [6.45, 7) is 8.04. The first-order valence-corrected chi connectivity index (χ1v) is 12.2. The molecule has 1 heterocycles. The lowest BCUT2D eigenvalue weighted by molar-refractivity contribution is -0.113. The van der Waals surface area contributed by atoms with Gasteiger partial charge in [0, 0.05) is 22.3 Å². The molecule has 0 spiro atoms. The first kappa shape index (κ1) is 25.0. The molecule has 0 saturated carbocycles. The van der Waals surface area contributed by atoms with E-state index in [1.165, 1.54) is 11.8 Å². The van der Waals surface area contributed by atoms with Gasteiger partial charge in [-0.3, -0.25) is 9.59 Å². The molecule has 0 fully saturated rings. The minimum absolute atomic E-state index is 0.132. The van der Waals surface area contributed by atoms with Crippen molar-refractivity contribution in [3.05, 3.63) is 81.6 Å². The highest BCUT2D eigenvalue weighted by Gasteiger charge is 2.20. The molecule has 3 rings (SSSR count). The van der Waals surface area contributed by atoms with Crippen LogP contribution in [0.1, 0.15) is 34.7 Å². The zero-order valence-corrected chi connectivity index (χ0v) is 21.3. The fraction of sp³-hybridized carbons (Fsp3) is 0.217. The Bertz CT molecular complexity index is 1170. The van der Waals surface area contributed by atoms with Gasteiger partial charge in [0.15, 0.2) is 11.0 Å². The number of halogens is 2. The fourth-order valence-electron chi connectivity index (χ4n) is 2.98. The molecule has 7 nitrogen and oxygen atoms in total. The van der Waals surface area contributed by atoms with Gasteiger partial charge in [-0.25, -0.2) is 0 Å². The van der Waals surface area contributed by atoms with Crippen LogP contribution >= 0.6 is 39.3 Å². The number of nitrogens with one attached hydrogen (secondary N) is 2. The van der Waals surface area contributed by atoms with E-state index in [9.17, 15) is 9.59 Å². The minimum Gasteiger partial charge on any atom is -0.342 e. The van der Waals surface area contributed by atoms with Gasteiger partial charge in [-0.05, 0) is 60.1 Å². The van der Waals surface area contributed by atoms with Gasteiger partial charge in [-0.15, -0.1) is 16.8 Å². The molecule has 0 radical (unpaired) electrons. The van der Waals surface area contributed by atoms with Crippen molar-refractivity contribution in [2.75, 3.05) is 11.1 Å². The third kappa shape index (κ3) is 6.69. The third-order valence-corrected chi connectivity index (χ3v) is 6.84. The molecule has 33 heavy (non-hydrogen) atoms. The van der Waals surface area contributed by atoms with E-state index in [4.69, 9.17) is 11.6 Å². The summed E-state index contributed by atoms with van der Waals surface area (Å²) in [6.07, 6.45) is 1.72. The molecule has 3 aromatic rings. The Morgan fingerprint density at radius 1 is 1.24 bits per heavy atom. The van der Waals surface area contributed by atoms with Crippen LogP contribution in [-0.4, -0.2) is 32.3 Å². The molecule has 0 bridgehead atoms. The van der Waals surface area contributed by atoms with Crippen LogP contribution in [0.5, 0.6) is 0 Å². The van der Waals surface area contributed by atoms with Crippen LogP contribution < -0.4 is 10.6 Å². The number of thioether (sulfide) groups is 1. The number of allylic oxidation sites excluding steroid dienone is 1. The molecule has 0 saturated heterocycles. The number of carbonyl (C=O) groups is 2. The summed E-state index contributed by atoms with van der Waals surface area (Å²) < 4.78 is 2.59. The smallest absolute Gasteiger partial charge is 0.251 e. The maximum atomic E-state index is 12.6. The molecule has 10 heteroatoms. The van der Waals surface area contributed by atoms with Crippen molar-refractivity contribution in [2.45, 2.75) is 31.6 Å². The van der Waals surface area contributed by atoms with E-state index in [0.29, 0.717) is 33.8 Å². The summed E-state index contributed by atoms with van der Waals surface area (Å²) in [4.78, 5) is 25.0. The number of aryl methyl sites for hydroxylation is 1. The van der Waals surface area contributed by atoms with Gasteiger partial charge < -0.3 is 15.2 Å². The van der Waals surface area contributed by atoms with Crippen molar-refractivity contribution < 1.29 is 9.59 Å². The van der Waals surface area contributed by atoms with Crippen molar-refractivity contribution in [3.8, 4) is 0 Å². The van der Waals surface area contributed by atoms with Crippen LogP contribution in [0, 0.1) is 6.92 Å². The molecule has 0 aliphatic heterocycles. The fourth-order valence-corrected chi connectivity index (χ4v) is 4.16. The van der Waals surface area contributed by atoms with Crippen molar-refractivity contribution in [2.24, 2.45) is 0 Å². The monoisotopic (exact) mass is 547 g/mol. The molecule has 2 aromatic carbocycles. The van der Waals surface area contributed by atoms with Crippen LogP contribution in [0.15, 0.2) is 64.7 Å². The molecule has 0 aliphatic rings. The van der Waals surface area contributed by atoms with Gasteiger partial charge in [-0.2, -0.15) is 0 Å². The predicted octanol–water partition coefficient (Wildman–Crippen LogP) is 5.41. The van der Waals surface area contributed by atoms with Crippen LogP contribution in [0.2, 0.25) is 5.02 Å². The number of anilines is 1. The van der Waals surface area contributed by atoms with Crippen LogP contribution in [0.25, 0.3) is 0 Å². The average Bonchev–Trinajstić information content (AvgIpc) is 3.18. The van der Waals surface area contributed by atoms with E-state index in [1.54, 1.807) is 36.4 Å². The summed E-state index contributed by atoms with van der Waals surface area (Å²) >= 11 is 10.7. The van der Waals surface area contributed by atoms with Gasteiger partial charge in [0.25, 0.3) is 5.91 Å². The van der Waals surface area contributed by atoms with Gasteiger partial charge in [0.1, 0.15) is 0 Å². The van der Waals surface area contributed by atoms with E-state index in [0.717, 1.165) is 10.0 Å². The van der Waals surface area contributed by atoms with Crippen molar-refractivity contribution in [1.29, 1.82) is 0 Å². The van der Waals surface area contributed by atoms with Gasteiger partial charge in [0.2, 0.25) is 5.91 Å². The second-order valence-electron chi connectivity index (χ2n) is 7.27. The molecular formula is C23H23BrClN5O2S. The normalized spacial score (nSPS) is 11.6. The first-order valence-electron chi connectivity index (χ1n) is 10.1. The summed E-state index contributed by atoms with van der Waals surface area (Å²) in [7, 11) is 0. The highest BCUT2D eigenvalue weighted by Crippen LogP contribution is 2.26. The Kier molecular flexibility index (Phi) is 8.71. The Morgan fingerprint density at radius 3 is 2.64 bits per heavy atom. The summed E-state index contributed by atoms with van der Waals surface area (Å²) in [5.74, 6) is 0.316. The number of benzene rings is 2. The molecule has 2 amide bonds. The third-order valence-electron chi connectivity index (χ3n) is 4.64. The molecule has 172 valence electrons. The lowest BCUT2D eigenvalue weighted by Crippen LogP contribution is -2.28. The average molecular weight is 549 g/mol. The summed E-state index contributed by atoms with van der Waals surface area (Å²) in [6, 6.07) is 12.2. The van der Waals surface area contributed by atoms with Gasteiger partial charge >= 0.3 is 0 Å². The summed E-state index contributed by atoms with van der Waals surface area (Å²) in [5.41, 5.74) is 2.26. The summed E-state index contributed by atoms with van der Waals surface area (Å²) in [5, 5.41) is 15.3. The SMILES string of the molecule is C=CCn1c(SCC(=O)Nc2ccc(Br)c(Cl)c2)nnc1[C@H](C)NC(=O)c1ccc(C)cc1. The van der Waals surface area contributed by atoms with Crippen molar-refractivity contribution >= 4 is 56.8 Å². The molecule has 2 N–H and O–H groups in total. The molecule has 1 atom stereocenters. The lowest BCUT2D eigenvalue weighted by atomic mass is 10.1. The zero-order valence-electron chi connectivity index (χ0n) is 18.1. The topological polar surface area (TPSA) is 88.9 Å². The number of carbonyl (C=O) groups excluding carboxylic acids is 2. The highest BCUT2D eigenvalue weighted by atomic mass is 79.9. The number of hydrogen-bond acceptors (Lipinski definition) is 5. The zero-order chi connectivity index (χ0) is 24.0. The standard InChI is InChI=1S/C23H23BrClN5O2S/c1-4-11-30-21(15(3)26-22(32)16-7-5-14(2)6-8-16)28-29-23(30)33-13-20(31)27-17-9-10-18(24)19(25)12-17/h4-10,12,15H,1,11,13H2,2-3H3,(H,26,32)(H,27,31)/t15-/m0/s1. The number of amides is 2. The van der Waals surface area contributed by atoms with Gasteiger partial charge in [0.05, 0.1) is 16.8 Å². The maximum absolute atomic E-state index is 12.6. The second-order valence-corrected chi connectivity index (χ2v) is 9.47. The lowest BCUT2D eigenvalue weighted by Gasteiger charge is -2.15. The maximum Gasteiger partial charge on any atom is 0.251 e. The van der Waals surface area contributed by atoms with Gasteiger partial charge in [-0.1, -0.05) is 47.1 Å². The highest BCUT2D eigenvalue weighted by molar-refractivity contribution is 9.10. The predicted molar refractivity (Wildman–Crippen MR) is 136 cm³/mol. The molecule has 1 aromatic heterocycles. The van der Waals surface area contributed by atoms with E-state index in [2.05, 4.69) is 43.3 Å². The van der Waals surface area contributed by atoms with Crippen LogP contribution in [0.3, 0.4) is 0 Å². The number of hydrogen-bond donors (Lipinski definition) is 2. The van der Waals surface area contributed by atoms with Crippen LogP contribution in [0.4, 0.5) is 5.69 Å². The Labute approximate surface area is 210 Å². The number of nitrogens with zero attached hydrogens (tertiary/aromatic N) is 3. The molecule has 0 aliphatic carbocycles. The van der Waals surface area contributed by atoms with E-state index in [1.807, 2.05) is 30.5 Å². The quantitative estimate of drug-likeness (QED) is 0.276. The molecular weight excluding hydrogens is 526 g/mol. The number of rotatable bonds is 9. The number of aromatic nitrogens is 3. The van der Waals surface area contributed by atoms with Crippen molar-refractivity contribution in [3.63, 3.8) is 0 Å². The molecule has 0 unspecified atom stereocenters. The van der Waals surface area contributed by atoms with E-state index in [-0.39, 0.29) is 23.6 Å². The largest absolute Gasteiger partial charge is 0.342 e. The van der Waals surface area contributed by atoms with Crippen molar-refractivity contribution in [1.82, 2.24) is 20.1 Å². The first-order chi connectivity index (χ1) is 15.8. The van der Waals surface area contributed by atoms with E-state index < -0.39 is 0 Å². The van der Waals surface area contributed by atoms with E-state index >= 15 is 0 Å². The van der Waals surface area contributed by atoms with Crippen LogP contribution in [-0.2, 0) is 11.3 Å². The Balaban J connectivity index is 1.65. The second kappa shape index (κ2) is 11.5.